The summed E-state index contributed by atoms with van der Waals surface area (Å²) in [7, 11) is 0. The lowest BCUT2D eigenvalue weighted by molar-refractivity contribution is 0.0695. The van der Waals surface area contributed by atoms with Crippen LogP contribution in [-0.4, -0.2) is 42.1 Å². The van der Waals surface area contributed by atoms with Crippen LogP contribution in [0.1, 0.15) is 10.4 Å². The first-order valence-corrected chi connectivity index (χ1v) is 6.80. The largest absolute Gasteiger partial charge is 0.477 e. The monoisotopic (exact) mass is 325 g/mol. The van der Waals surface area contributed by atoms with Crippen LogP contribution in [0.25, 0.3) is 10.9 Å². The SMILES string of the molecule is Nn1cc(C(=O)O)c(=O)c2cc(F)c(N3CCOCC3)c(F)c21. The number of aromatic carboxylic acids is 1. The first-order chi connectivity index (χ1) is 10.9. The third-order valence-electron chi connectivity index (χ3n) is 3.74. The minimum Gasteiger partial charge on any atom is -0.477 e. The van der Waals surface area contributed by atoms with Crippen LogP contribution in [0.15, 0.2) is 17.1 Å². The summed E-state index contributed by atoms with van der Waals surface area (Å²) < 4.78 is 35.0. The summed E-state index contributed by atoms with van der Waals surface area (Å²) in [5.41, 5.74) is -2.29. The Morgan fingerprint density at radius 1 is 1.30 bits per heavy atom. The maximum Gasteiger partial charge on any atom is 0.341 e. The zero-order valence-corrected chi connectivity index (χ0v) is 11.9. The van der Waals surface area contributed by atoms with Crippen molar-refractivity contribution >= 4 is 22.6 Å². The summed E-state index contributed by atoms with van der Waals surface area (Å²) in [6, 6.07) is 0.821. The number of halogens is 2. The van der Waals surface area contributed by atoms with E-state index in [1.807, 2.05) is 0 Å². The predicted molar refractivity (Wildman–Crippen MR) is 78.3 cm³/mol. The molecule has 0 aliphatic carbocycles. The van der Waals surface area contributed by atoms with E-state index in [-0.39, 0.29) is 11.2 Å². The number of anilines is 1. The number of morpholine rings is 1. The van der Waals surface area contributed by atoms with Gasteiger partial charge in [-0.2, -0.15) is 0 Å². The number of hydrogen-bond donors (Lipinski definition) is 2. The van der Waals surface area contributed by atoms with Crippen molar-refractivity contribution in [3.8, 4) is 0 Å². The quantitative estimate of drug-likeness (QED) is 0.782. The van der Waals surface area contributed by atoms with E-state index in [1.165, 1.54) is 4.90 Å². The van der Waals surface area contributed by atoms with Crippen LogP contribution in [0, 0.1) is 11.6 Å². The number of carbonyl (C=O) groups is 1. The van der Waals surface area contributed by atoms with Crippen LogP contribution < -0.4 is 16.2 Å². The molecule has 0 saturated carbocycles. The Morgan fingerprint density at radius 2 is 1.96 bits per heavy atom. The topological polar surface area (TPSA) is 97.8 Å². The molecule has 2 aromatic rings. The third kappa shape index (κ3) is 2.38. The lowest BCUT2D eigenvalue weighted by Crippen LogP contribution is -2.37. The first-order valence-electron chi connectivity index (χ1n) is 6.80. The molecule has 2 heterocycles. The fraction of sp³-hybridized carbons (Fsp3) is 0.286. The molecule has 0 spiro atoms. The molecule has 23 heavy (non-hydrogen) atoms. The van der Waals surface area contributed by atoms with Crippen LogP contribution in [0.3, 0.4) is 0 Å². The molecule has 7 nitrogen and oxygen atoms in total. The number of rotatable bonds is 2. The molecule has 3 rings (SSSR count). The Balaban J connectivity index is 2.31. The van der Waals surface area contributed by atoms with Crippen LogP contribution in [0.4, 0.5) is 14.5 Å². The van der Waals surface area contributed by atoms with Gasteiger partial charge in [0.15, 0.2) is 5.82 Å². The van der Waals surface area contributed by atoms with E-state index in [0.717, 1.165) is 12.3 Å². The summed E-state index contributed by atoms with van der Waals surface area (Å²) in [6.07, 6.45) is 0.817. The van der Waals surface area contributed by atoms with Crippen LogP contribution in [-0.2, 0) is 4.74 Å². The second-order valence-corrected chi connectivity index (χ2v) is 5.10. The highest BCUT2D eigenvalue weighted by atomic mass is 19.1. The van der Waals surface area contributed by atoms with Crippen molar-refractivity contribution in [2.45, 2.75) is 0 Å². The Labute approximate surface area is 128 Å². The van der Waals surface area contributed by atoms with E-state index in [1.54, 1.807) is 0 Å². The zero-order chi connectivity index (χ0) is 16.7. The van der Waals surface area contributed by atoms with E-state index in [0.29, 0.717) is 31.0 Å². The van der Waals surface area contributed by atoms with Crippen molar-refractivity contribution in [1.29, 1.82) is 0 Å². The summed E-state index contributed by atoms with van der Waals surface area (Å²) in [4.78, 5) is 24.6. The van der Waals surface area contributed by atoms with Gasteiger partial charge in [-0.3, -0.25) is 9.47 Å². The van der Waals surface area contributed by atoms with Crippen molar-refractivity contribution in [2.75, 3.05) is 37.0 Å². The molecule has 0 unspecified atom stereocenters. The number of pyridine rings is 1. The average Bonchev–Trinajstić information content (AvgIpc) is 2.51. The molecule has 1 aromatic heterocycles. The maximum atomic E-state index is 14.8. The molecule has 1 saturated heterocycles. The van der Waals surface area contributed by atoms with E-state index >= 15 is 0 Å². The number of carboxylic acids is 1. The zero-order valence-electron chi connectivity index (χ0n) is 11.9. The summed E-state index contributed by atoms with van der Waals surface area (Å²) >= 11 is 0. The van der Waals surface area contributed by atoms with Gasteiger partial charge in [-0.1, -0.05) is 0 Å². The second-order valence-electron chi connectivity index (χ2n) is 5.10. The molecule has 0 bridgehead atoms. The fourth-order valence-electron chi connectivity index (χ4n) is 2.66. The molecule has 0 radical (unpaired) electrons. The van der Waals surface area contributed by atoms with Crippen molar-refractivity contribution in [1.82, 2.24) is 4.68 Å². The number of ether oxygens (including phenoxy) is 1. The standard InChI is InChI=1S/C14H13F2N3O4/c15-9-5-7-11(19(17)6-8(13(7)20)14(21)22)10(16)12(9)18-1-3-23-4-2-18/h5-6H,1-4,17H2,(H,21,22). The predicted octanol–water partition coefficient (Wildman–Crippen LogP) is 0.528. The lowest BCUT2D eigenvalue weighted by atomic mass is 10.1. The lowest BCUT2D eigenvalue weighted by Gasteiger charge is -2.29. The van der Waals surface area contributed by atoms with E-state index < -0.39 is 34.0 Å². The highest BCUT2D eigenvalue weighted by molar-refractivity contribution is 5.93. The Hall–Kier alpha value is -2.68. The first kappa shape index (κ1) is 15.2. The Morgan fingerprint density at radius 3 is 2.57 bits per heavy atom. The molecule has 1 aliphatic rings. The number of nitrogens with zero attached hydrogens (tertiary/aromatic N) is 2. The number of carboxylic acid groups (broad SMARTS) is 1. The van der Waals surface area contributed by atoms with Crippen molar-refractivity contribution < 1.29 is 23.4 Å². The average molecular weight is 325 g/mol. The number of benzene rings is 1. The van der Waals surface area contributed by atoms with Gasteiger partial charge in [-0.15, -0.1) is 0 Å². The summed E-state index contributed by atoms with van der Waals surface area (Å²) in [6.45, 7) is 1.23. The van der Waals surface area contributed by atoms with Gasteiger partial charge in [-0.05, 0) is 6.07 Å². The minimum atomic E-state index is -1.52. The molecule has 0 atom stereocenters. The highest BCUT2D eigenvalue weighted by Gasteiger charge is 2.25. The van der Waals surface area contributed by atoms with E-state index in [4.69, 9.17) is 15.7 Å². The summed E-state index contributed by atoms with van der Waals surface area (Å²) in [5.74, 6) is 2.15. The molecular weight excluding hydrogens is 312 g/mol. The van der Waals surface area contributed by atoms with Gasteiger partial charge in [0.2, 0.25) is 5.43 Å². The minimum absolute atomic E-state index is 0.293. The second kappa shape index (κ2) is 5.51. The molecule has 1 aromatic carbocycles. The van der Waals surface area contributed by atoms with Gasteiger partial charge < -0.3 is 20.6 Å². The number of nitrogens with two attached hydrogens (primary N) is 1. The van der Waals surface area contributed by atoms with Crippen molar-refractivity contribution in [2.24, 2.45) is 0 Å². The van der Waals surface area contributed by atoms with Crippen LogP contribution in [0.5, 0.6) is 0 Å². The molecular formula is C14H13F2N3O4. The molecule has 1 fully saturated rings. The molecule has 1 aliphatic heterocycles. The Bertz CT molecular complexity index is 859. The normalized spacial score (nSPS) is 15.1. The van der Waals surface area contributed by atoms with Gasteiger partial charge in [0.05, 0.1) is 18.6 Å². The number of fused-ring (bicyclic) bond motifs is 1. The van der Waals surface area contributed by atoms with Gasteiger partial charge in [0, 0.05) is 19.3 Å². The van der Waals surface area contributed by atoms with Gasteiger partial charge in [-0.25, -0.2) is 13.6 Å². The number of aromatic nitrogens is 1. The van der Waals surface area contributed by atoms with E-state index in [9.17, 15) is 18.4 Å². The number of hydrogen-bond acceptors (Lipinski definition) is 5. The summed E-state index contributed by atoms with van der Waals surface area (Å²) in [5, 5.41) is 8.55. The molecule has 3 N–H and O–H groups in total. The van der Waals surface area contributed by atoms with Crippen molar-refractivity contribution in [3.05, 3.63) is 39.7 Å². The molecule has 0 amide bonds. The Kier molecular flexibility index (Phi) is 3.64. The fourth-order valence-corrected chi connectivity index (χ4v) is 2.66. The van der Waals surface area contributed by atoms with Crippen molar-refractivity contribution in [3.63, 3.8) is 0 Å². The van der Waals surface area contributed by atoms with Gasteiger partial charge in [0.25, 0.3) is 0 Å². The van der Waals surface area contributed by atoms with Crippen LogP contribution >= 0.6 is 0 Å². The smallest absolute Gasteiger partial charge is 0.341 e. The van der Waals surface area contributed by atoms with Gasteiger partial charge >= 0.3 is 5.97 Å². The number of nitrogen functional groups attached to an aromatic ring is 1. The molecule has 9 heteroatoms. The third-order valence-corrected chi connectivity index (χ3v) is 3.74. The van der Waals surface area contributed by atoms with E-state index in [2.05, 4.69) is 0 Å². The highest BCUT2D eigenvalue weighted by Crippen LogP contribution is 2.29. The van der Waals surface area contributed by atoms with Gasteiger partial charge in [0.1, 0.15) is 22.6 Å². The van der Waals surface area contributed by atoms with Crippen LogP contribution in [0.2, 0.25) is 0 Å². The molecule has 122 valence electrons. The maximum absolute atomic E-state index is 14.8.